The Balaban J connectivity index is 1.90. The molecule has 0 bridgehead atoms. The zero-order valence-electron chi connectivity index (χ0n) is 14.2. The summed E-state index contributed by atoms with van der Waals surface area (Å²) in [7, 11) is 0. The Labute approximate surface area is 148 Å². The number of hydrogen-bond donors (Lipinski definition) is 2. The summed E-state index contributed by atoms with van der Waals surface area (Å²) in [6.45, 7) is 2.74. The first-order chi connectivity index (χ1) is 12.4. The smallest absolute Gasteiger partial charge is 0.0609 e. The maximum absolute atomic E-state index is 5.65. The van der Waals surface area contributed by atoms with E-state index in [2.05, 4.69) is 32.3 Å². The summed E-state index contributed by atoms with van der Waals surface area (Å²) in [5.41, 5.74) is 9.88. The molecule has 0 amide bonds. The fraction of sp³-hybridized carbons (Fsp3) is 0.200. The standard InChI is InChI=1S/C20H23N5/c21-11-14-24-19-9-1-2-10-20(19)25(15-17-7-3-5-12-22-17)16-18-8-4-6-13-23-18/h1-10,12-13,24H,11,14-16,21H2. The van der Waals surface area contributed by atoms with E-state index in [9.17, 15) is 0 Å². The summed E-state index contributed by atoms with van der Waals surface area (Å²) < 4.78 is 0. The van der Waals surface area contributed by atoms with Crippen LogP contribution in [0.3, 0.4) is 0 Å². The van der Waals surface area contributed by atoms with Crippen molar-refractivity contribution in [2.45, 2.75) is 13.1 Å². The van der Waals surface area contributed by atoms with Gasteiger partial charge in [0.15, 0.2) is 0 Å². The lowest BCUT2D eigenvalue weighted by Gasteiger charge is -2.27. The molecule has 25 heavy (non-hydrogen) atoms. The molecule has 0 saturated heterocycles. The molecule has 0 aliphatic heterocycles. The van der Waals surface area contributed by atoms with Crippen LogP contribution in [0.15, 0.2) is 73.1 Å². The Bertz CT molecular complexity index is 720. The van der Waals surface area contributed by atoms with Crippen LogP contribution in [-0.2, 0) is 13.1 Å². The van der Waals surface area contributed by atoms with Crippen LogP contribution in [0.2, 0.25) is 0 Å². The van der Waals surface area contributed by atoms with Crippen LogP contribution in [0.1, 0.15) is 11.4 Å². The van der Waals surface area contributed by atoms with Gasteiger partial charge in [-0.05, 0) is 36.4 Å². The van der Waals surface area contributed by atoms with Crippen molar-refractivity contribution >= 4 is 11.4 Å². The molecule has 0 aliphatic carbocycles. The highest BCUT2D eigenvalue weighted by Crippen LogP contribution is 2.28. The molecule has 0 unspecified atom stereocenters. The van der Waals surface area contributed by atoms with Crippen LogP contribution >= 0.6 is 0 Å². The molecule has 0 radical (unpaired) electrons. The van der Waals surface area contributed by atoms with Gasteiger partial charge in [0.25, 0.3) is 0 Å². The first-order valence-corrected chi connectivity index (χ1v) is 8.44. The van der Waals surface area contributed by atoms with E-state index in [4.69, 9.17) is 5.73 Å². The average Bonchev–Trinajstić information content (AvgIpc) is 2.68. The summed E-state index contributed by atoms with van der Waals surface area (Å²) in [5, 5.41) is 3.41. The van der Waals surface area contributed by atoms with Crippen molar-refractivity contribution in [3.8, 4) is 0 Å². The maximum Gasteiger partial charge on any atom is 0.0609 e. The number of benzene rings is 1. The second-order valence-electron chi connectivity index (χ2n) is 5.73. The van der Waals surface area contributed by atoms with Gasteiger partial charge in [-0.2, -0.15) is 0 Å². The average molecular weight is 333 g/mol. The molecular weight excluding hydrogens is 310 g/mol. The second-order valence-corrected chi connectivity index (χ2v) is 5.73. The Morgan fingerprint density at radius 2 is 1.40 bits per heavy atom. The highest BCUT2D eigenvalue weighted by atomic mass is 15.2. The van der Waals surface area contributed by atoms with Crippen LogP contribution in [0.4, 0.5) is 11.4 Å². The van der Waals surface area contributed by atoms with E-state index < -0.39 is 0 Å². The number of nitrogens with one attached hydrogen (secondary N) is 1. The quantitative estimate of drug-likeness (QED) is 0.663. The zero-order valence-corrected chi connectivity index (χ0v) is 14.2. The van der Waals surface area contributed by atoms with Crippen molar-refractivity contribution in [1.82, 2.24) is 9.97 Å². The normalized spacial score (nSPS) is 10.4. The molecule has 0 spiro atoms. The summed E-state index contributed by atoms with van der Waals surface area (Å²) in [4.78, 5) is 11.2. The minimum Gasteiger partial charge on any atom is -0.382 e. The molecular formula is C20H23N5. The van der Waals surface area contributed by atoms with Crippen LogP contribution in [0.5, 0.6) is 0 Å². The second kappa shape index (κ2) is 8.80. The van der Waals surface area contributed by atoms with Crippen molar-refractivity contribution in [1.29, 1.82) is 0 Å². The molecule has 0 aliphatic rings. The van der Waals surface area contributed by atoms with Crippen LogP contribution in [0.25, 0.3) is 0 Å². The van der Waals surface area contributed by atoms with E-state index in [0.717, 1.165) is 29.3 Å². The predicted octanol–water partition coefficient (Wildman–Crippen LogP) is 3.05. The van der Waals surface area contributed by atoms with Gasteiger partial charge in [-0.25, -0.2) is 0 Å². The number of anilines is 2. The molecule has 0 atom stereocenters. The summed E-state index contributed by atoms with van der Waals surface area (Å²) in [6.07, 6.45) is 3.65. The Morgan fingerprint density at radius 3 is 1.96 bits per heavy atom. The molecule has 2 heterocycles. The van der Waals surface area contributed by atoms with Crippen molar-refractivity contribution in [3.63, 3.8) is 0 Å². The minimum absolute atomic E-state index is 0.592. The Hall–Kier alpha value is -2.92. The van der Waals surface area contributed by atoms with Gasteiger partial charge >= 0.3 is 0 Å². The number of para-hydroxylation sites is 2. The third-order valence-electron chi connectivity index (χ3n) is 3.86. The van der Waals surface area contributed by atoms with E-state index in [1.807, 2.05) is 60.9 Å². The molecule has 3 aromatic rings. The first kappa shape index (κ1) is 16.9. The lowest BCUT2D eigenvalue weighted by atomic mass is 10.2. The minimum atomic E-state index is 0.592. The first-order valence-electron chi connectivity index (χ1n) is 8.44. The summed E-state index contributed by atoms with van der Waals surface area (Å²) in [5.74, 6) is 0. The molecule has 2 aromatic heterocycles. The van der Waals surface area contributed by atoms with E-state index in [1.165, 1.54) is 0 Å². The van der Waals surface area contributed by atoms with Gasteiger partial charge in [-0.3, -0.25) is 9.97 Å². The third kappa shape index (κ3) is 4.78. The Kier molecular flexibility index (Phi) is 5.96. The van der Waals surface area contributed by atoms with Crippen molar-refractivity contribution in [2.24, 2.45) is 5.73 Å². The van der Waals surface area contributed by atoms with Gasteiger partial charge in [-0.15, -0.1) is 0 Å². The summed E-state index contributed by atoms with van der Waals surface area (Å²) >= 11 is 0. The Morgan fingerprint density at radius 1 is 0.800 bits per heavy atom. The lowest BCUT2D eigenvalue weighted by Crippen LogP contribution is -2.25. The van der Waals surface area contributed by atoms with Crippen molar-refractivity contribution < 1.29 is 0 Å². The highest BCUT2D eigenvalue weighted by molar-refractivity contribution is 5.70. The number of pyridine rings is 2. The van der Waals surface area contributed by atoms with Gasteiger partial charge < -0.3 is 16.0 Å². The van der Waals surface area contributed by atoms with Gasteiger partial charge in [0.1, 0.15) is 0 Å². The number of hydrogen-bond acceptors (Lipinski definition) is 5. The predicted molar refractivity (Wildman–Crippen MR) is 102 cm³/mol. The highest BCUT2D eigenvalue weighted by Gasteiger charge is 2.13. The van der Waals surface area contributed by atoms with E-state index >= 15 is 0 Å². The van der Waals surface area contributed by atoms with Gasteiger partial charge in [0, 0.05) is 25.5 Å². The van der Waals surface area contributed by atoms with Gasteiger partial charge in [0.05, 0.1) is 35.9 Å². The molecule has 1 aromatic carbocycles. The number of nitrogens with zero attached hydrogens (tertiary/aromatic N) is 3. The van der Waals surface area contributed by atoms with Crippen LogP contribution < -0.4 is 16.0 Å². The molecule has 5 nitrogen and oxygen atoms in total. The third-order valence-corrected chi connectivity index (χ3v) is 3.86. The lowest BCUT2D eigenvalue weighted by molar-refractivity contribution is 0.765. The summed E-state index contributed by atoms with van der Waals surface area (Å²) in [6, 6.07) is 20.3. The molecule has 0 fully saturated rings. The number of rotatable bonds is 8. The van der Waals surface area contributed by atoms with Gasteiger partial charge in [-0.1, -0.05) is 24.3 Å². The van der Waals surface area contributed by atoms with E-state index in [1.54, 1.807) is 0 Å². The monoisotopic (exact) mass is 333 g/mol. The number of nitrogens with two attached hydrogens (primary N) is 1. The topological polar surface area (TPSA) is 67.1 Å². The van der Waals surface area contributed by atoms with Crippen molar-refractivity contribution in [2.75, 3.05) is 23.3 Å². The molecule has 128 valence electrons. The molecule has 3 rings (SSSR count). The van der Waals surface area contributed by atoms with Gasteiger partial charge in [0.2, 0.25) is 0 Å². The van der Waals surface area contributed by atoms with Crippen LogP contribution in [0, 0.1) is 0 Å². The molecule has 3 N–H and O–H groups in total. The maximum atomic E-state index is 5.65. The molecule has 0 saturated carbocycles. The molecule has 5 heteroatoms. The fourth-order valence-electron chi connectivity index (χ4n) is 2.71. The van der Waals surface area contributed by atoms with E-state index in [0.29, 0.717) is 19.6 Å². The fourth-order valence-corrected chi connectivity index (χ4v) is 2.71. The zero-order chi connectivity index (χ0) is 17.3. The van der Waals surface area contributed by atoms with E-state index in [-0.39, 0.29) is 0 Å². The van der Waals surface area contributed by atoms with Crippen LogP contribution in [-0.4, -0.2) is 23.1 Å². The SMILES string of the molecule is NCCNc1ccccc1N(Cc1ccccn1)Cc1ccccn1. The largest absolute Gasteiger partial charge is 0.382 e. The number of aromatic nitrogens is 2. The van der Waals surface area contributed by atoms with Crippen molar-refractivity contribution in [3.05, 3.63) is 84.4 Å².